The smallest absolute Gasteiger partial charge is 0.407 e. The van der Waals surface area contributed by atoms with Gasteiger partial charge in [-0.15, -0.1) is 0 Å². The predicted molar refractivity (Wildman–Crippen MR) is 172 cm³/mol. The van der Waals surface area contributed by atoms with Gasteiger partial charge in [-0.1, -0.05) is 115 Å². The van der Waals surface area contributed by atoms with E-state index in [0.717, 1.165) is 44.3 Å². The van der Waals surface area contributed by atoms with Crippen LogP contribution >= 0.6 is 0 Å². The highest BCUT2D eigenvalue weighted by molar-refractivity contribution is 5.69. The molecule has 0 heterocycles. The van der Waals surface area contributed by atoms with Crippen LogP contribution in [0.3, 0.4) is 0 Å². The number of carbonyl (C=O) groups excluding carboxylic acids is 2. The first-order valence-corrected chi connectivity index (χ1v) is 17.4. The molecule has 1 amide bonds. The number of alkyl carbamates (subject to hydrolysis) is 1. The molecule has 0 unspecified atom stereocenters. The summed E-state index contributed by atoms with van der Waals surface area (Å²) in [5, 5.41) is 2.65. The van der Waals surface area contributed by atoms with Crippen molar-refractivity contribution in [2.45, 2.75) is 155 Å². The van der Waals surface area contributed by atoms with E-state index in [1.54, 1.807) is 6.92 Å². The van der Waals surface area contributed by atoms with Crippen LogP contribution in [-0.4, -0.2) is 37.9 Å². The first kappa shape index (κ1) is 36.0. The van der Waals surface area contributed by atoms with Crippen LogP contribution in [0.4, 0.5) is 4.79 Å². The molecule has 1 aliphatic carbocycles. The van der Waals surface area contributed by atoms with Gasteiger partial charge in [0.05, 0.1) is 13.2 Å². The Hall–Kier alpha value is -2.24. The van der Waals surface area contributed by atoms with Gasteiger partial charge in [0.1, 0.15) is 18.5 Å². The summed E-state index contributed by atoms with van der Waals surface area (Å²) in [5.41, 5.74) is 1.24. The highest BCUT2D eigenvalue weighted by atomic mass is 16.5. The summed E-state index contributed by atoms with van der Waals surface area (Å²) in [6.07, 6.45) is 25.5. The molecule has 1 aliphatic rings. The fraction of sp³-hybridized carbons (Fsp3) is 0.778. The third-order valence-corrected chi connectivity index (χ3v) is 8.44. The molecule has 240 valence electrons. The van der Waals surface area contributed by atoms with Gasteiger partial charge in [-0.2, -0.15) is 0 Å². The zero-order chi connectivity index (χ0) is 30.1. The van der Waals surface area contributed by atoms with Crippen molar-refractivity contribution in [3.05, 3.63) is 29.8 Å². The number of rotatable bonds is 24. The summed E-state index contributed by atoms with van der Waals surface area (Å²) in [7, 11) is 0. The average molecular weight is 588 g/mol. The maximum atomic E-state index is 12.6. The first-order valence-electron chi connectivity index (χ1n) is 17.4. The second-order valence-electron chi connectivity index (χ2n) is 12.1. The van der Waals surface area contributed by atoms with Crippen LogP contribution in [0.2, 0.25) is 0 Å². The SMILES string of the molecule is CCCCCCCCCCCCCCCCCC(=O)O[C@H]1CCCC[C@@H]1Cc1ccc(OCCNC(=O)OCC)cc1. The standard InChI is InChI=1S/C36H61NO5/c1-3-5-6-7-8-9-10-11-12-13-14-15-16-17-18-23-35(38)42-34-22-20-19-21-32(34)30-31-24-26-33(27-25-31)41-29-28-37-36(39)40-4-2/h24-27,32,34H,3-23,28-30H2,1-2H3,(H,37,39)/t32-,34+/m1/s1. The van der Waals surface area contributed by atoms with Crippen molar-refractivity contribution in [3.8, 4) is 5.75 Å². The van der Waals surface area contributed by atoms with Crippen LogP contribution in [0, 0.1) is 5.92 Å². The van der Waals surface area contributed by atoms with E-state index in [1.807, 2.05) is 12.1 Å². The van der Waals surface area contributed by atoms with Crippen LogP contribution in [0.15, 0.2) is 24.3 Å². The van der Waals surface area contributed by atoms with E-state index in [9.17, 15) is 9.59 Å². The van der Waals surface area contributed by atoms with Crippen molar-refractivity contribution < 1.29 is 23.8 Å². The van der Waals surface area contributed by atoms with Gasteiger partial charge in [0.2, 0.25) is 0 Å². The maximum absolute atomic E-state index is 12.6. The van der Waals surface area contributed by atoms with E-state index in [0.29, 0.717) is 32.1 Å². The van der Waals surface area contributed by atoms with Gasteiger partial charge in [0.25, 0.3) is 0 Å². The molecule has 1 fully saturated rings. The van der Waals surface area contributed by atoms with Gasteiger partial charge in [0, 0.05) is 6.42 Å². The molecule has 6 nitrogen and oxygen atoms in total. The van der Waals surface area contributed by atoms with Crippen LogP contribution in [0.25, 0.3) is 0 Å². The maximum Gasteiger partial charge on any atom is 0.407 e. The summed E-state index contributed by atoms with van der Waals surface area (Å²) in [6, 6.07) is 8.13. The molecular weight excluding hydrogens is 526 g/mol. The zero-order valence-electron chi connectivity index (χ0n) is 27.0. The van der Waals surface area contributed by atoms with Crippen LogP contribution in [0.5, 0.6) is 5.75 Å². The quantitative estimate of drug-likeness (QED) is 0.0962. The molecule has 0 spiro atoms. The molecule has 0 saturated heterocycles. The van der Waals surface area contributed by atoms with E-state index in [1.165, 1.54) is 95.5 Å². The second kappa shape index (κ2) is 24.2. The number of nitrogens with one attached hydrogen (secondary N) is 1. The number of amides is 1. The minimum atomic E-state index is -0.422. The lowest BCUT2D eigenvalue weighted by Gasteiger charge is -2.31. The Kier molecular flexibility index (Phi) is 20.7. The molecule has 6 heteroatoms. The van der Waals surface area contributed by atoms with Crippen molar-refractivity contribution in [2.75, 3.05) is 19.8 Å². The second-order valence-corrected chi connectivity index (χ2v) is 12.1. The minimum Gasteiger partial charge on any atom is -0.492 e. The Labute approximate surface area is 257 Å². The highest BCUT2D eigenvalue weighted by Gasteiger charge is 2.28. The highest BCUT2D eigenvalue weighted by Crippen LogP contribution is 2.31. The number of hydrogen-bond donors (Lipinski definition) is 1. The lowest BCUT2D eigenvalue weighted by molar-refractivity contribution is -0.153. The molecule has 2 atom stereocenters. The molecule has 0 aromatic heterocycles. The number of hydrogen-bond acceptors (Lipinski definition) is 5. The molecule has 42 heavy (non-hydrogen) atoms. The molecule has 1 saturated carbocycles. The third kappa shape index (κ3) is 17.7. The van der Waals surface area contributed by atoms with E-state index >= 15 is 0 Å². The van der Waals surface area contributed by atoms with Crippen LogP contribution in [0.1, 0.15) is 148 Å². The van der Waals surface area contributed by atoms with Crippen molar-refractivity contribution in [1.82, 2.24) is 5.32 Å². The Balaban J connectivity index is 1.52. The van der Waals surface area contributed by atoms with Crippen LogP contribution < -0.4 is 10.1 Å². The fourth-order valence-corrected chi connectivity index (χ4v) is 5.96. The van der Waals surface area contributed by atoms with Crippen molar-refractivity contribution >= 4 is 12.1 Å². The third-order valence-electron chi connectivity index (χ3n) is 8.44. The molecule has 1 aromatic carbocycles. The van der Waals surface area contributed by atoms with Gasteiger partial charge in [0.15, 0.2) is 0 Å². The Bertz CT molecular complexity index is 812. The summed E-state index contributed by atoms with van der Waals surface area (Å²) < 4.78 is 16.6. The fourth-order valence-electron chi connectivity index (χ4n) is 5.96. The number of carbonyl (C=O) groups is 2. The number of esters is 1. The van der Waals surface area contributed by atoms with Crippen molar-refractivity contribution in [1.29, 1.82) is 0 Å². The van der Waals surface area contributed by atoms with Crippen LogP contribution in [-0.2, 0) is 20.7 Å². The van der Waals surface area contributed by atoms with Gasteiger partial charge < -0.3 is 19.5 Å². The number of ether oxygens (including phenoxy) is 3. The molecule has 0 bridgehead atoms. The lowest BCUT2D eigenvalue weighted by Crippen LogP contribution is -2.31. The lowest BCUT2D eigenvalue weighted by atomic mass is 9.82. The molecule has 1 aromatic rings. The van der Waals surface area contributed by atoms with Crippen molar-refractivity contribution in [2.24, 2.45) is 5.92 Å². The minimum absolute atomic E-state index is 0.0123. The molecule has 0 radical (unpaired) electrons. The van der Waals surface area contributed by atoms with E-state index < -0.39 is 6.09 Å². The molecule has 2 rings (SSSR count). The summed E-state index contributed by atoms with van der Waals surface area (Å²) in [4.78, 5) is 23.9. The number of benzene rings is 1. The largest absolute Gasteiger partial charge is 0.492 e. The molecular formula is C36H61NO5. The van der Waals surface area contributed by atoms with Gasteiger partial charge in [-0.3, -0.25) is 4.79 Å². The van der Waals surface area contributed by atoms with E-state index in [-0.39, 0.29) is 12.1 Å². The summed E-state index contributed by atoms with van der Waals surface area (Å²) >= 11 is 0. The van der Waals surface area contributed by atoms with Crippen molar-refractivity contribution in [3.63, 3.8) is 0 Å². The van der Waals surface area contributed by atoms with E-state index in [2.05, 4.69) is 24.4 Å². The molecule has 0 aliphatic heterocycles. The molecule has 1 N–H and O–H groups in total. The normalized spacial score (nSPS) is 16.6. The number of unbranched alkanes of at least 4 members (excludes halogenated alkanes) is 14. The average Bonchev–Trinajstić information content (AvgIpc) is 2.99. The van der Waals surface area contributed by atoms with E-state index in [4.69, 9.17) is 14.2 Å². The predicted octanol–water partition coefficient (Wildman–Crippen LogP) is 9.72. The Morgan fingerprint density at radius 2 is 1.33 bits per heavy atom. The topological polar surface area (TPSA) is 73.9 Å². The monoisotopic (exact) mass is 587 g/mol. The van der Waals surface area contributed by atoms with Gasteiger partial charge in [-0.05, 0) is 62.6 Å². The van der Waals surface area contributed by atoms with Gasteiger partial charge in [-0.25, -0.2) is 4.79 Å². The van der Waals surface area contributed by atoms with Gasteiger partial charge >= 0.3 is 12.1 Å². The Morgan fingerprint density at radius 1 is 0.762 bits per heavy atom. The summed E-state index contributed by atoms with van der Waals surface area (Å²) in [5.74, 6) is 1.14. The first-order chi connectivity index (χ1) is 20.6. The Morgan fingerprint density at radius 3 is 1.93 bits per heavy atom. The zero-order valence-corrected chi connectivity index (χ0v) is 27.0. The summed E-state index contributed by atoms with van der Waals surface area (Å²) in [6.45, 7) is 5.20.